The molecule has 0 radical (unpaired) electrons. The van der Waals surface area contributed by atoms with E-state index in [0.29, 0.717) is 19.0 Å². The Labute approximate surface area is 149 Å². The summed E-state index contributed by atoms with van der Waals surface area (Å²) in [6.45, 7) is 1.23. The number of amides is 1. The van der Waals surface area contributed by atoms with E-state index in [4.69, 9.17) is 0 Å². The minimum atomic E-state index is -0.480. The summed E-state index contributed by atoms with van der Waals surface area (Å²) in [4.78, 5) is 38.1. The van der Waals surface area contributed by atoms with E-state index in [-0.39, 0.29) is 24.1 Å². The van der Waals surface area contributed by atoms with Gasteiger partial charge in [0.15, 0.2) is 0 Å². The molecule has 9 heteroatoms. The van der Waals surface area contributed by atoms with Crippen molar-refractivity contribution in [3.63, 3.8) is 0 Å². The second-order valence-corrected chi connectivity index (χ2v) is 7.15. The fraction of sp³-hybridized carbons (Fsp3) is 0.588. The van der Waals surface area contributed by atoms with Crippen LogP contribution in [0.1, 0.15) is 37.3 Å². The molecular weight excluding hydrogens is 336 g/mol. The summed E-state index contributed by atoms with van der Waals surface area (Å²) >= 11 is 0. The number of likely N-dealkylation sites (tertiary alicyclic amines) is 1. The van der Waals surface area contributed by atoms with Crippen LogP contribution in [0.3, 0.4) is 0 Å². The van der Waals surface area contributed by atoms with Crippen LogP contribution in [0.4, 0.5) is 0 Å². The number of hydrogen-bond acceptors (Lipinski definition) is 5. The van der Waals surface area contributed by atoms with E-state index >= 15 is 0 Å². The van der Waals surface area contributed by atoms with Crippen molar-refractivity contribution in [1.82, 2.24) is 29.0 Å². The van der Waals surface area contributed by atoms with E-state index in [9.17, 15) is 14.4 Å². The molecule has 0 aromatic carbocycles. The predicted octanol–water partition coefficient (Wildman–Crippen LogP) is -0.293. The van der Waals surface area contributed by atoms with Crippen LogP contribution in [-0.4, -0.2) is 47.5 Å². The van der Waals surface area contributed by atoms with Gasteiger partial charge in [0.1, 0.15) is 6.54 Å². The Hall–Kier alpha value is -2.71. The van der Waals surface area contributed by atoms with Crippen LogP contribution in [0.5, 0.6) is 0 Å². The highest BCUT2D eigenvalue weighted by Crippen LogP contribution is 2.38. The number of carbonyl (C=O) groups is 1. The highest BCUT2D eigenvalue weighted by atomic mass is 16.2. The molecule has 9 nitrogen and oxygen atoms in total. The molecule has 1 aliphatic carbocycles. The maximum atomic E-state index is 12.7. The van der Waals surface area contributed by atoms with Crippen molar-refractivity contribution in [1.29, 1.82) is 0 Å². The van der Waals surface area contributed by atoms with Gasteiger partial charge in [0.05, 0.1) is 18.3 Å². The number of aromatic nitrogens is 5. The summed E-state index contributed by atoms with van der Waals surface area (Å²) in [6, 6.07) is 1.35. The average Bonchev–Trinajstić information content (AvgIpc) is 3.19. The maximum absolute atomic E-state index is 12.7. The van der Waals surface area contributed by atoms with Gasteiger partial charge >= 0.3 is 5.69 Å². The van der Waals surface area contributed by atoms with E-state index in [2.05, 4.69) is 10.3 Å². The van der Waals surface area contributed by atoms with Crippen molar-refractivity contribution in [2.24, 2.45) is 7.05 Å². The van der Waals surface area contributed by atoms with Gasteiger partial charge in [-0.1, -0.05) is 5.21 Å². The standard InChI is InChI=1S/C17H22N6O3/c1-20-15(24)6-8-21(17(20)26)11-16(25)23-7-2-3-13(23)9-22-10-14(18-19-22)12-4-5-12/h6,8,10,12-13H,2-5,7,9,11H2,1H3/t13-/m0/s1. The van der Waals surface area contributed by atoms with Gasteiger partial charge in [0.25, 0.3) is 5.56 Å². The summed E-state index contributed by atoms with van der Waals surface area (Å²) in [7, 11) is 1.41. The molecule has 3 heterocycles. The number of hydrogen-bond donors (Lipinski definition) is 0. The molecule has 138 valence electrons. The summed E-state index contributed by atoms with van der Waals surface area (Å²) in [5.74, 6) is 0.442. The molecule has 0 spiro atoms. The summed E-state index contributed by atoms with van der Waals surface area (Å²) < 4.78 is 4.10. The Morgan fingerprint density at radius 1 is 1.27 bits per heavy atom. The van der Waals surface area contributed by atoms with Crippen LogP contribution in [0, 0.1) is 0 Å². The molecule has 0 bridgehead atoms. The SMILES string of the molecule is Cn1c(=O)ccn(CC(=O)N2CCC[C@H]2Cn2cc(C3CC3)nn2)c1=O. The second kappa shape index (κ2) is 6.54. The predicted molar refractivity (Wildman–Crippen MR) is 92.7 cm³/mol. The third-order valence-corrected chi connectivity index (χ3v) is 5.21. The molecule has 1 saturated carbocycles. The zero-order chi connectivity index (χ0) is 18.3. The monoisotopic (exact) mass is 358 g/mol. The highest BCUT2D eigenvalue weighted by molar-refractivity contribution is 5.76. The van der Waals surface area contributed by atoms with Gasteiger partial charge in [-0.05, 0) is 25.7 Å². The lowest BCUT2D eigenvalue weighted by atomic mass is 10.2. The normalized spacial score (nSPS) is 19.9. The first-order valence-corrected chi connectivity index (χ1v) is 8.99. The van der Waals surface area contributed by atoms with Gasteiger partial charge in [-0.15, -0.1) is 5.10 Å². The molecule has 0 N–H and O–H groups in total. The van der Waals surface area contributed by atoms with Gasteiger partial charge in [-0.3, -0.25) is 23.4 Å². The van der Waals surface area contributed by atoms with Crippen LogP contribution in [-0.2, 0) is 24.9 Å². The molecule has 26 heavy (non-hydrogen) atoms. The van der Waals surface area contributed by atoms with E-state index < -0.39 is 5.69 Å². The lowest BCUT2D eigenvalue weighted by Crippen LogP contribution is -2.44. The zero-order valence-corrected chi connectivity index (χ0v) is 14.7. The highest BCUT2D eigenvalue weighted by Gasteiger charge is 2.31. The lowest BCUT2D eigenvalue weighted by Gasteiger charge is -2.25. The molecule has 0 unspecified atom stereocenters. The van der Waals surface area contributed by atoms with Crippen molar-refractivity contribution < 1.29 is 4.79 Å². The summed E-state index contributed by atoms with van der Waals surface area (Å²) in [5, 5.41) is 8.41. The molecule has 2 aromatic rings. The molecule has 4 rings (SSSR count). The van der Waals surface area contributed by atoms with Crippen molar-refractivity contribution in [3.8, 4) is 0 Å². The minimum absolute atomic E-state index is 0.0551. The van der Waals surface area contributed by atoms with Gasteiger partial charge in [0, 0.05) is 38.0 Å². The molecule has 1 atom stereocenters. The van der Waals surface area contributed by atoms with E-state index in [0.717, 1.165) is 23.1 Å². The van der Waals surface area contributed by atoms with Gasteiger partial charge in [0.2, 0.25) is 5.91 Å². The molecule has 2 fully saturated rings. The van der Waals surface area contributed by atoms with Crippen LogP contribution >= 0.6 is 0 Å². The number of carbonyl (C=O) groups excluding carboxylic acids is 1. The number of nitrogens with zero attached hydrogens (tertiary/aromatic N) is 6. The van der Waals surface area contributed by atoms with Crippen molar-refractivity contribution in [2.75, 3.05) is 6.54 Å². The molecule has 1 amide bonds. The Morgan fingerprint density at radius 3 is 2.85 bits per heavy atom. The first-order chi connectivity index (χ1) is 12.5. The zero-order valence-electron chi connectivity index (χ0n) is 14.7. The molecule has 1 aliphatic heterocycles. The fourth-order valence-electron chi connectivity index (χ4n) is 3.51. The topological polar surface area (TPSA) is 95.0 Å². The van der Waals surface area contributed by atoms with E-state index in [1.165, 1.54) is 36.7 Å². The van der Waals surface area contributed by atoms with Crippen molar-refractivity contribution >= 4 is 5.91 Å². The van der Waals surface area contributed by atoms with Crippen molar-refractivity contribution in [3.05, 3.63) is 45.0 Å². The van der Waals surface area contributed by atoms with Crippen LogP contribution in [0.2, 0.25) is 0 Å². The molecule has 2 aromatic heterocycles. The van der Waals surface area contributed by atoms with Gasteiger partial charge < -0.3 is 4.90 Å². The quantitative estimate of drug-likeness (QED) is 0.732. The van der Waals surface area contributed by atoms with E-state index in [1.807, 2.05) is 15.8 Å². The fourth-order valence-corrected chi connectivity index (χ4v) is 3.51. The Kier molecular flexibility index (Phi) is 4.21. The first kappa shape index (κ1) is 16.7. The van der Waals surface area contributed by atoms with Crippen molar-refractivity contribution in [2.45, 2.75) is 50.7 Å². The Bertz CT molecular complexity index is 938. The first-order valence-electron chi connectivity index (χ1n) is 8.99. The molecular formula is C17H22N6O3. The average molecular weight is 358 g/mol. The third-order valence-electron chi connectivity index (χ3n) is 5.21. The summed E-state index contributed by atoms with van der Waals surface area (Å²) in [5.41, 5.74) is 0.181. The maximum Gasteiger partial charge on any atom is 0.331 e. The Balaban J connectivity index is 1.45. The van der Waals surface area contributed by atoms with Crippen LogP contribution in [0.25, 0.3) is 0 Å². The minimum Gasteiger partial charge on any atom is -0.336 e. The van der Waals surface area contributed by atoms with Crippen LogP contribution < -0.4 is 11.2 Å². The Morgan fingerprint density at radius 2 is 2.08 bits per heavy atom. The van der Waals surface area contributed by atoms with E-state index in [1.54, 1.807) is 0 Å². The third kappa shape index (κ3) is 3.21. The van der Waals surface area contributed by atoms with Crippen LogP contribution in [0.15, 0.2) is 28.0 Å². The lowest BCUT2D eigenvalue weighted by molar-refractivity contribution is -0.133. The second-order valence-electron chi connectivity index (χ2n) is 7.15. The summed E-state index contributed by atoms with van der Waals surface area (Å²) in [6.07, 6.45) is 7.57. The van der Waals surface area contributed by atoms with Gasteiger partial charge in [-0.2, -0.15) is 0 Å². The smallest absolute Gasteiger partial charge is 0.331 e. The molecule has 2 aliphatic rings. The number of rotatable bonds is 5. The largest absolute Gasteiger partial charge is 0.336 e. The van der Waals surface area contributed by atoms with Gasteiger partial charge in [-0.25, -0.2) is 4.79 Å². The molecule has 1 saturated heterocycles.